The number of hydrogen-bond acceptors (Lipinski definition) is 5. The highest BCUT2D eigenvalue weighted by Crippen LogP contribution is 2.38. The number of ether oxygens (including phenoxy) is 2. The second-order valence-electron chi connectivity index (χ2n) is 8.56. The molecule has 6 nitrogen and oxygen atoms in total. The Labute approximate surface area is 194 Å². The van der Waals surface area contributed by atoms with E-state index in [-0.39, 0.29) is 12.1 Å². The number of aryl methyl sites for hydroxylation is 1. The van der Waals surface area contributed by atoms with Crippen LogP contribution in [0.2, 0.25) is 0 Å². The molecule has 2 aliphatic rings. The van der Waals surface area contributed by atoms with Crippen LogP contribution in [0.5, 0.6) is 5.75 Å². The second-order valence-corrected chi connectivity index (χ2v) is 8.56. The Hall–Kier alpha value is -3.35. The molecule has 1 fully saturated rings. The third-order valence-electron chi connectivity index (χ3n) is 6.36. The van der Waals surface area contributed by atoms with E-state index in [1.165, 1.54) is 0 Å². The van der Waals surface area contributed by atoms with Crippen molar-refractivity contribution in [3.63, 3.8) is 0 Å². The number of nitrogens with zero attached hydrogens (tertiary/aromatic N) is 2. The van der Waals surface area contributed by atoms with Crippen LogP contribution in [0.3, 0.4) is 0 Å². The summed E-state index contributed by atoms with van der Waals surface area (Å²) in [7, 11) is 1.70. The highest BCUT2D eigenvalue weighted by atomic mass is 16.5. The van der Waals surface area contributed by atoms with E-state index in [0.717, 1.165) is 66.7 Å². The van der Waals surface area contributed by atoms with Crippen molar-refractivity contribution in [3.05, 3.63) is 89.0 Å². The summed E-state index contributed by atoms with van der Waals surface area (Å²) in [6, 6.07) is 22.0. The van der Waals surface area contributed by atoms with Gasteiger partial charge in [0.1, 0.15) is 11.9 Å². The maximum absolute atomic E-state index is 13.6. The summed E-state index contributed by atoms with van der Waals surface area (Å²) < 4.78 is 11.2. The minimum atomic E-state index is -0.329. The quantitative estimate of drug-likeness (QED) is 0.624. The molecule has 3 aromatic carbocycles. The molecule has 0 radical (unpaired) electrons. The Kier molecular flexibility index (Phi) is 6.03. The number of rotatable bonds is 5. The van der Waals surface area contributed by atoms with E-state index in [0.29, 0.717) is 5.56 Å². The van der Waals surface area contributed by atoms with Crippen molar-refractivity contribution < 1.29 is 14.3 Å². The molecule has 0 spiro atoms. The van der Waals surface area contributed by atoms with E-state index in [4.69, 9.17) is 9.47 Å². The maximum atomic E-state index is 13.6. The van der Waals surface area contributed by atoms with Gasteiger partial charge in [0.25, 0.3) is 5.91 Å². The van der Waals surface area contributed by atoms with Crippen molar-refractivity contribution >= 4 is 17.3 Å². The highest BCUT2D eigenvalue weighted by molar-refractivity contribution is 6.12. The van der Waals surface area contributed by atoms with Gasteiger partial charge in [0, 0.05) is 36.6 Å². The Morgan fingerprint density at radius 1 is 1.03 bits per heavy atom. The Balaban J connectivity index is 1.55. The molecule has 0 aliphatic carbocycles. The predicted octanol–water partition coefficient (Wildman–Crippen LogP) is 4.61. The summed E-state index contributed by atoms with van der Waals surface area (Å²) in [6.07, 6.45) is -0.329. The van der Waals surface area contributed by atoms with Crippen molar-refractivity contribution in [2.45, 2.75) is 19.6 Å². The van der Waals surface area contributed by atoms with Gasteiger partial charge in [-0.2, -0.15) is 0 Å². The number of anilines is 2. The second kappa shape index (κ2) is 9.25. The number of fused-ring (bicyclic) bond motifs is 1. The van der Waals surface area contributed by atoms with Crippen LogP contribution in [0.25, 0.3) is 0 Å². The fraction of sp³-hybridized carbons (Fsp3) is 0.296. The number of carbonyl (C=O) groups is 1. The summed E-state index contributed by atoms with van der Waals surface area (Å²) in [4.78, 5) is 17.9. The molecule has 170 valence electrons. The molecule has 3 aromatic rings. The number of morpholine rings is 1. The van der Waals surface area contributed by atoms with E-state index in [9.17, 15) is 4.79 Å². The molecular weight excluding hydrogens is 414 g/mol. The zero-order valence-corrected chi connectivity index (χ0v) is 19.1. The van der Waals surface area contributed by atoms with Crippen LogP contribution in [-0.4, -0.2) is 44.2 Å². The molecular formula is C27H29N3O3. The van der Waals surface area contributed by atoms with Crippen molar-refractivity contribution in [2.24, 2.45) is 0 Å². The number of carbonyl (C=O) groups excluding carboxylic acids is 1. The first-order chi connectivity index (χ1) is 16.1. The van der Waals surface area contributed by atoms with Crippen LogP contribution in [0.15, 0.2) is 66.7 Å². The van der Waals surface area contributed by atoms with Crippen LogP contribution in [0, 0.1) is 6.92 Å². The van der Waals surface area contributed by atoms with Gasteiger partial charge in [0.2, 0.25) is 0 Å². The highest BCUT2D eigenvalue weighted by Gasteiger charge is 2.34. The first kappa shape index (κ1) is 21.5. The van der Waals surface area contributed by atoms with Gasteiger partial charge in [-0.1, -0.05) is 35.9 Å². The van der Waals surface area contributed by atoms with Gasteiger partial charge in [0.05, 0.1) is 25.9 Å². The number of para-hydroxylation sites is 1. The average molecular weight is 444 g/mol. The number of amides is 1. The molecule has 0 bridgehead atoms. The smallest absolute Gasteiger partial charge is 0.262 e. The van der Waals surface area contributed by atoms with Crippen molar-refractivity contribution in [3.8, 4) is 5.75 Å². The first-order valence-corrected chi connectivity index (χ1v) is 11.4. The zero-order valence-electron chi connectivity index (χ0n) is 19.1. The molecule has 1 N–H and O–H groups in total. The molecule has 1 saturated heterocycles. The number of methoxy groups -OCH3 is 1. The molecule has 2 heterocycles. The van der Waals surface area contributed by atoms with Crippen LogP contribution in [-0.2, 0) is 11.3 Å². The normalized spacial score (nSPS) is 18.5. The lowest BCUT2D eigenvalue weighted by atomic mass is 10.00. The topological polar surface area (TPSA) is 54.0 Å². The molecule has 0 aromatic heterocycles. The minimum absolute atomic E-state index is 0.0104. The first-order valence-electron chi connectivity index (χ1n) is 11.4. The predicted molar refractivity (Wildman–Crippen MR) is 130 cm³/mol. The van der Waals surface area contributed by atoms with E-state index in [1.807, 2.05) is 72.5 Å². The van der Waals surface area contributed by atoms with E-state index in [1.54, 1.807) is 7.11 Å². The van der Waals surface area contributed by atoms with Gasteiger partial charge in [-0.05, 0) is 48.9 Å². The summed E-state index contributed by atoms with van der Waals surface area (Å²) in [5, 5.41) is 3.61. The van der Waals surface area contributed by atoms with Gasteiger partial charge in [-0.25, -0.2) is 0 Å². The van der Waals surface area contributed by atoms with Gasteiger partial charge in [-0.3, -0.25) is 14.6 Å². The standard InChI is InChI=1S/C27H29N3O3/c1-19-7-10-22(11-8-19)30-26(28-24-6-4-3-5-23(24)27(30)31)20-9-12-25(32-2)21(17-20)18-29-13-15-33-16-14-29/h3-12,17,26,28H,13-16,18H2,1-2H3/t26-/m0/s1. The maximum Gasteiger partial charge on any atom is 0.262 e. The minimum Gasteiger partial charge on any atom is -0.496 e. The molecule has 33 heavy (non-hydrogen) atoms. The van der Waals surface area contributed by atoms with E-state index >= 15 is 0 Å². The third-order valence-corrected chi connectivity index (χ3v) is 6.36. The SMILES string of the molecule is COc1ccc([C@H]2Nc3ccccc3C(=O)N2c2ccc(C)cc2)cc1CN1CCOCC1. The van der Waals surface area contributed by atoms with Crippen molar-refractivity contribution in [1.29, 1.82) is 0 Å². The van der Waals surface area contributed by atoms with Crippen molar-refractivity contribution in [1.82, 2.24) is 4.90 Å². The lowest BCUT2D eigenvalue weighted by molar-refractivity contribution is 0.0338. The van der Waals surface area contributed by atoms with Crippen LogP contribution in [0.4, 0.5) is 11.4 Å². The zero-order chi connectivity index (χ0) is 22.8. The number of benzene rings is 3. The molecule has 0 saturated carbocycles. The molecule has 1 atom stereocenters. The van der Waals surface area contributed by atoms with Gasteiger partial charge in [-0.15, -0.1) is 0 Å². The molecule has 6 heteroatoms. The van der Waals surface area contributed by atoms with E-state index < -0.39 is 0 Å². The van der Waals surface area contributed by atoms with Crippen LogP contribution < -0.4 is 15.0 Å². The Morgan fingerprint density at radius 3 is 2.55 bits per heavy atom. The summed E-state index contributed by atoms with van der Waals surface area (Å²) in [6.45, 7) is 6.13. The molecule has 0 unspecified atom stereocenters. The van der Waals surface area contributed by atoms with E-state index in [2.05, 4.69) is 16.3 Å². The molecule has 2 aliphatic heterocycles. The monoisotopic (exact) mass is 443 g/mol. The summed E-state index contributed by atoms with van der Waals surface area (Å²) in [5.41, 5.74) is 5.67. The van der Waals surface area contributed by atoms with Gasteiger partial charge < -0.3 is 14.8 Å². The average Bonchev–Trinajstić information content (AvgIpc) is 2.85. The van der Waals surface area contributed by atoms with Gasteiger partial charge in [0.15, 0.2) is 0 Å². The number of nitrogens with one attached hydrogen (secondary N) is 1. The van der Waals surface area contributed by atoms with Crippen molar-refractivity contribution in [2.75, 3.05) is 43.6 Å². The fourth-order valence-electron chi connectivity index (χ4n) is 4.55. The summed E-state index contributed by atoms with van der Waals surface area (Å²) >= 11 is 0. The number of hydrogen-bond donors (Lipinski definition) is 1. The van der Waals surface area contributed by atoms with Crippen LogP contribution >= 0.6 is 0 Å². The Bertz CT molecular complexity index is 1140. The summed E-state index contributed by atoms with van der Waals surface area (Å²) in [5.74, 6) is 0.846. The Morgan fingerprint density at radius 2 is 1.79 bits per heavy atom. The molecule has 5 rings (SSSR count). The third kappa shape index (κ3) is 4.32. The lowest BCUT2D eigenvalue weighted by Crippen LogP contribution is -2.43. The van der Waals surface area contributed by atoms with Crippen LogP contribution in [0.1, 0.15) is 33.2 Å². The lowest BCUT2D eigenvalue weighted by Gasteiger charge is -2.38. The van der Waals surface area contributed by atoms with Gasteiger partial charge >= 0.3 is 0 Å². The largest absolute Gasteiger partial charge is 0.496 e. The molecule has 1 amide bonds. The fourth-order valence-corrected chi connectivity index (χ4v) is 4.55.